The van der Waals surface area contributed by atoms with Gasteiger partial charge < -0.3 is 20.1 Å². The quantitative estimate of drug-likeness (QED) is 0.803. The Balaban J connectivity index is 1.41. The van der Waals surface area contributed by atoms with Crippen LogP contribution in [0.25, 0.3) is 0 Å². The van der Waals surface area contributed by atoms with Gasteiger partial charge in [0, 0.05) is 43.6 Å². The van der Waals surface area contributed by atoms with E-state index in [9.17, 15) is 4.79 Å². The fraction of sp³-hybridized carbons (Fsp3) is 0.571. The molecule has 0 unspecified atom stereocenters. The first kappa shape index (κ1) is 19.7. The van der Waals surface area contributed by atoms with E-state index in [1.54, 1.807) is 24.1 Å². The van der Waals surface area contributed by atoms with Crippen LogP contribution in [0.1, 0.15) is 61.8 Å². The van der Waals surface area contributed by atoms with Gasteiger partial charge in [0.2, 0.25) is 5.88 Å². The fourth-order valence-corrected chi connectivity index (χ4v) is 4.35. The van der Waals surface area contributed by atoms with Crippen molar-refractivity contribution in [2.24, 2.45) is 7.05 Å². The van der Waals surface area contributed by atoms with Gasteiger partial charge in [-0.05, 0) is 25.3 Å². The van der Waals surface area contributed by atoms with Crippen LogP contribution in [-0.2, 0) is 11.8 Å². The lowest BCUT2D eigenvalue weighted by atomic mass is 9.86. The van der Waals surface area contributed by atoms with Crippen LogP contribution >= 0.6 is 0 Å². The molecule has 1 saturated heterocycles. The summed E-state index contributed by atoms with van der Waals surface area (Å²) in [7, 11) is 3.48. The number of ether oxygens (including phenoxy) is 2. The molecule has 156 valence electrons. The van der Waals surface area contributed by atoms with Gasteiger partial charge in [-0.3, -0.25) is 4.68 Å². The van der Waals surface area contributed by atoms with Gasteiger partial charge in [-0.25, -0.2) is 9.78 Å². The van der Waals surface area contributed by atoms with Gasteiger partial charge in [0.25, 0.3) is 0 Å². The molecule has 8 nitrogen and oxygen atoms in total. The third-order valence-corrected chi connectivity index (χ3v) is 5.80. The van der Waals surface area contributed by atoms with Crippen molar-refractivity contribution in [2.45, 2.75) is 56.6 Å². The smallest absolute Gasteiger partial charge is 0.319 e. The Labute approximate surface area is 171 Å². The van der Waals surface area contributed by atoms with Gasteiger partial charge in [0.15, 0.2) is 0 Å². The zero-order valence-electron chi connectivity index (χ0n) is 17.1. The topological polar surface area (TPSA) is 90.3 Å². The first-order valence-corrected chi connectivity index (χ1v) is 10.4. The van der Waals surface area contributed by atoms with Crippen molar-refractivity contribution < 1.29 is 14.3 Å². The maximum absolute atomic E-state index is 12.7. The lowest BCUT2D eigenvalue weighted by Gasteiger charge is -2.22. The lowest BCUT2D eigenvalue weighted by Crippen LogP contribution is -2.39. The molecule has 2 aromatic heterocycles. The molecule has 0 spiro atoms. The number of carbonyl (C=O) groups is 1. The van der Waals surface area contributed by atoms with Crippen molar-refractivity contribution in [2.75, 3.05) is 19.0 Å². The third-order valence-electron chi connectivity index (χ3n) is 5.80. The second-order valence-electron chi connectivity index (χ2n) is 7.86. The number of methoxy groups -OCH3 is 1. The molecule has 4 rings (SSSR count). The molecule has 2 N–H and O–H groups in total. The summed E-state index contributed by atoms with van der Waals surface area (Å²) in [6.45, 7) is 0.599. The Morgan fingerprint density at radius 2 is 2.07 bits per heavy atom. The summed E-state index contributed by atoms with van der Waals surface area (Å²) >= 11 is 0. The zero-order chi connectivity index (χ0) is 20.2. The van der Waals surface area contributed by atoms with Crippen molar-refractivity contribution in [3.63, 3.8) is 0 Å². The van der Waals surface area contributed by atoms with E-state index in [4.69, 9.17) is 9.47 Å². The van der Waals surface area contributed by atoms with E-state index < -0.39 is 0 Å². The minimum absolute atomic E-state index is 0.111. The fourth-order valence-electron chi connectivity index (χ4n) is 4.35. The highest BCUT2D eigenvalue weighted by molar-refractivity contribution is 5.90. The number of nitrogens with one attached hydrogen (secondary N) is 2. The summed E-state index contributed by atoms with van der Waals surface area (Å²) in [6.07, 6.45) is 10.2. The predicted octanol–water partition coefficient (Wildman–Crippen LogP) is 3.52. The second kappa shape index (κ2) is 8.82. The summed E-state index contributed by atoms with van der Waals surface area (Å²) in [5, 5.41) is 10.7. The molecule has 0 radical (unpaired) electrons. The molecule has 3 heterocycles. The minimum atomic E-state index is -0.225. The van der Waals surface area contributed by atoms with Gasteiger partial charge >= 0.3 is 6.03 Å². The summed E-state index contributed by atoms with van der Waals surface area (Å²) in [5.41, 5.74) is 2.73. The third kappa shape index (κ3) is 4.53. The number of carbonyl (C=O) groups excluding carboxylic acids is 1. The average Bonchev–Trinajstić information content (AvgIpc) is 3.35. The highest BCUT2D eigenvalue weighted by Gasteiger charge is 2.32. The van der Waals surface area contributed by atoms with Gasteiger partial charge in [-0.1, -0.05) is 19.3 Å². The van der Waals surface area contributed by atoms with E-state index in [0.29, 0.717) is 18.4 Å². The van der Waals surface area contributed by atoms with E-state index in [1.807, 2.05) is 19.3 Å². The van der Waals surface area contributed by atoms with Crippen LogP contribution in [0, 0.1) is 0 Å². The average molecular weight is 399 g/mol. The van der Waals surface area contributed by atoms with Gasteiger partial charge in [-0.2, -0.15) is 5.10 Å². The Morgan fingerprint density at radius 3 is 2.79 bits per heavy atom. The van der Waals surface area contributed by atoms with E-state index in [-0.39, 0.29) is 18.2 Å². The Bertz CT molecular complexity index is 829. The largest absolute Gasteiger partial charge is 0.481 e. The Hall–Kier alpha value is -2.61. The van der Waals surface area contributed by atoms with Crippen LogP contribution in [-0.4, -0.2) is 40.6 Å². The summed E-state index contributed by atoms with van der Waals surface area (Å²) in [4.78, 5) is 17.0. The van der Waals surface area contributed by atoms with Crippen LogP contribution in [0.5, 0.6) is 5.88 Å². The molecule has 1 aliphatic carbocycles. The second-order valence-corrected chi connectivity index (χ2v) is 7.86. The Kier molecular flexibility index (Phi) is 5.99. The van der Waals surface area contributed by atoms with Crippen LogP contribution < -0.4 is 15.4 Å². The molecule has 2 aromatic rings. The molecule has 0 aromatic carbocycles. The molecular formula is C21H29N5O3. The summed E-state index contributed by atoms with van der Waals surface area (Å²) in [6, 6.07) is 3.40. The van der Waals surface area contributed by atoms with Crippen LogP contribution in [0.3, 0.4) is 0 Å². The molecule has 0 bridgehead atoms. The molecule has 2 atom stereocenters. The minimum Gasteiger partial charge on any atom is -0.481 e. The van der Waals surface area contributed by atoms with Crippen molar-refractivity contribution in [1.29, 1.82) is 0 Å². The number of rotatable bonds is 5. The number of anilines is 1. The number of pyridine rings is 1. The number of hydrogen-bond donors (Lipinski definition) is 2. The number of amides is 2. The molecule has 1 saturated carbocycles. The number of hydrogen-bond acceptors (Lipinski definition) is 5. The van der Waals surface area contributed by atoms with Crippen LogP contribution in [0.4, 0.5) is 10.5 Å². The zero-order valence-corrected chi connectivity index (χ0v) is 17.1. The van der Waals surface area contributed by atoms with Crippen LogP contribution in [0.15, 0.2) is 24.5 Å². The first-order valence-electron chi connectivity index (χ1n) is 10.4. The van der Waals surface area contributed by atoms with Gasteiger partial charge in [-0.15, -0.1) is 0 Å². The Morgan fingerprint density at radius 1 is 1.24 bits per heavy atom. The van der Waals surface area contributed by atoms with E-state index in [1.165, 1.54) is 19.3 Å². The van der Waals surface area contributed by atoms with E-state index in [0.717, 1.165) is 36.2 Å². The lowest BCUT2D eigenvalue weighted by molar-refractivity contribution is 0.100. The van der Waals surface area contributed by atoms with Crippen molar-refractivity contribution in [3.8, 4) is 5.88 Å². The number of nitrogens with zero attached hydrogens (tertiary/aromatic N) is 3. The maximum Gasteiger partial charge on any atom is 0.319 e. The summed E-state index contributed by atoms with van der Waals surface area (Å²) < 4.78 is 12.8. The molecule has 8 heteroatoms. The molecule has 2 amide bonds. The number of aryl methyl sites for hydroxylation is 1. The predicted molar refractivity (Wildman–Crippen MR) is 109 cm³/mol. The summed E-state index contributed by atoms with van der Waals surface area (Å²) in [5.74, 6) is 0.981. The number of urea groups is 1. The van der Waals surface area contributed by atoms with E-state index >= 15 is 0 Å². The normalized spacial score (nSPS) is 22.4. The molecular weight excluding hydrogens is 370 g/mol. The van der Waals surface area contributed by atoms with E-state index in [2.05, 4.69) is 20.7 Å². The monoisotopic (exact) mass is 399 g/mol. The van der Waals surface area contributed by atoms with Crippen molar-refractivity contribution >= 4 is 11.7 Å². The molecule has 1 aliphatic heterocycles. The molecule has 2 aliphatic rings. The van der Waals surface area contributed by atoms with Gasteiger partial charge in [0.1, 0.15) is 6.10 Å². The first-order chi connectivity index (χ1) is 14.1. The number of aromatic nitrogens is 3. The maximum atomic E-state index is 12.7. The highest BCUT2D eigenvalue weighted by atomic mass is 16.5. The van der Waals surface area contributed by atoms with Gasteiger partial charge in [0.05, 0.1) is 24.5 Å². The van der Waals surface area contributed by atoms with Crippen molar-refractivity contribution in [3.05, 3.63) is 35.8 Å². The SMILES string of the molecule is COc1ccc([C@@H]2OCC[C@H]2NC(=O)Nc2cn(C)nc2C2CCCCC2)cn1. The molecule has 2 fully saturated rings. The highest BCUT2D eigenvalue weighted by Crippen LogP contribution is 2.35. The molecule has 29 heavy (non-hydrogen) atoms. The van der Waals surface area contributed by atoms with Crippen molar-refractivity contribution in [1.82, 2.24) is 20.1 Å². The standard InChI is InChI=1S/C21H29N5O3/c1-26-13-17(19(25-26)14-6-4-3-5-7-14)24-21(27)23-16-10-11-29-20(16)15-8-9-18(28-2)22-12-15/h8-9,12-14,16,20H,3-7,10-11H2,1-2H3,(H2,23,24,27)/t16-,20+/m1/s1. The van der Waals surface area contributed by atoms with Crippen LogP contribution in [0.2, 0.25) is 0 Å².